The molecule has 1 aliphatic heterocycles. The second kappa shape index (κ2) is 8.65. The Morgan fingerprint density at radius 1 is 1.03 bits per heavy atom. The summed E-state index contributed by atoms with van der Waals surface area (Å²) in [6.45, 7) is 1.73. The van der Waals surface area contributed by atoms with Crippen LogP contribution in [0.4, 0.5) is 15.5 Å². The number of thiophene rings is 1. The van der Waals surface area contributed by atoms with E-state index in [-0.39, 0.29) is 47.4 Å². The Hall–Kier alpha value is -3.53. The van der Waals surface area contributed by atoms with Crippen molar-refractivity contribution in [3.05, 3.63) is 46.8 Å². The van der Waals surface area contributed by atoms with Crippen LogP contribution >= 0.6 is 11.3 Å². The summed E-state index contributed by atoms with van der Waals surface area (Å²) in [7, 11) is 0. The molecule has 1 aliphatic rings. The maximum absolute atomic E-state index is 12.5. The lowest BCUT2D eigenvalue weighted by atomic mass is 10.2. The number of rotatable bonds is 5. The van der Waals surface area contributed by atoms with Gasteiger partial charge in [-0.15, -0.1) is 11.3 Å². The predicted molar refractivity (Wildman–Crippen MR) is 105 cm³/mol. The number of carbonyl (C=O) groups is 5. The first kappa shape index (κ1) is 20.2. The molecule has 0 spiro atoms. The van der Waals surface area contributed by atoms with Crippen LogP contribution in [-0.4, -0.2) is 36.3 Å². The normalized spacial score (nSPS) is 13.3. The third-order valence-electron chi connectivity index (χ3n) is 4.07. The summed E-state index contributed by atoms with van der Waals surface area (Å²) in [6.07, 6.45) is -0.519. The predicted octanol–water partition coefficient (Wildman–Crippen LogP) is 2.54. The van der Waals surface area contributed by atoms with Gasteiger partial charge in [-0.3, -0.25) is 29.4 Å². The van der Waals surface area contributed by atoms with Crippen LogP contribution in [0.1, 0.15) is 40.5 Å². The Balaban J connectivity index is 1.69. The van der Waals surface area contributed by atoms with E-state index < -0.39 is 17.9 Å². The fourth-order valence-corrected chi connectivity index (χ4v) is 3.49. The largest absolute Gasteiger partial charge is 0.450 e. The highest BCUT2D eigenvalue weighted by atomic mass is 32.1. The summed E-state index contributed by atoms with van der Waals surface area (Å²) >= 11 is 1.12. The zero-order chi connectivity index (χ0) is 21.0. The molecule has 1 aromatic carbocycles. The van der Waals surface area contributed by atoms with E-state index in [1.54, 1.807) is 12.3 Å². The number of benzene rings is 1. The molecule has 0 radical (unpaired) electrons. The van der Waals surface area contributed by atoms with Gasteiger partial charge in [-0.2, -0.15) is 0 Å². The van der Waals surface area contributed by atoms with E-state index in [9.17, 15) is 24.0 Å². The first-order valence-electron chi connectivity index (χ1n) is 8.73. The Kier molecular flexibility index (Phi) is 6.03. The molecule has 1 saturated heterocycles. The van der Waals surface area contributed by atoms with E-state index in [1.165, 1.54) is 30.3 Å². The Bertz CT molecular complexity index is 966. The highest BCUT2D eigenvalue weighted by Crippen LogP contribution is 2.25. The third kappa shape index (κ3) is 4.49. The Labute approximate surface area is 169 Å². The average Bonchev–Trinajstić information content (AvgIpc) is 3.28. The minimum Gasteiger partial charge on any atom is -0.450 e. The summed E-state index contributed by atoms with van der Waals surface area (Å²) < 4.78 is 4.66. The van der Waals surface area contributed by atoms with Gasteiger partial charge in [0, 0.05) is 18.4 Å². The molecule has 150 valence electrons. The van der Waals surface area contributed by atoms with Crippen molar-refractivity contribution in [2.24, 2.45) is 0 Å². The van der Waals surface area contributed by atoms with Crippen molar-refractivity contribution >= 4 is 51.7 Å². The van der Waals surface area contributed by atoms with E-state index in [4.69, 9.17) is 0 Å². The molecule has 29 heavy (non-hydrogen) atoms. The van der Waals surface area contributed by atoms with Gasteiger partial charge in [0.05, 0.1) is 17.9 Å². The first-order chi connectivity index (χ1) is 13.9. The van der Waals surface area contributed by atoms with Gasteiger partial charge in [0.25, 0.3) is 11.8 Å². The number of anilines is 2. The van der Waals surface area contributed by atoms with Crippen molar-refractivity contribution in [3.8, 4) is 0 Å². The highest BCUT2D eigenvalue weighted by molar-refractivity contribution is 7.14. The fraction of sp³-hybridized carbons (Fsp3) is 0.211. The molecule has 0 bridgehead atoms. The molecule has 9 nitrogen and oxygen atoms in total. The molecule has 2 heterocycles. The molecule has 3 rings (SSSR count). The molecule has 0 saturated carbocycles. The van der Waals surface area contributed by atoms with Crippen molar-refractivity contribution in [3.63, 3.8) is 0 Å². The van der Waals surface area contributed by atoms with Gasteiger partial charge in [0.15, 0.2) is 0 Å². The smallest absolute Gasteiger partial charge is 0.414 e. The topological polar surface area (TPSA) is 122 Å². The summed E-state index contributed by atoms with van der Waals surface area (Å²) in [4.78, 5) is 60.7. The molecule has 0 unspecified atom stereocenters. The number of alkyl carbamates (subject to hydrolysis) is 1. The van der Waals surface area contributed by atoms with Crippen LogP contribution in [0, 0.1) is 0 Å². The van der Waals surface area contributed by atoms with Gasteiger partial charge in [-0.1, -0.05) is 0 Å². The molecule has 1 aromatic heterocycles. The number of nitrogens with one attached hydrogen (secondary N) is 2. The van der Waals surface area contributed by atoms with E-state index in [0.29, 0.717) is 5.69 Å². The van der Waals surface area contributed by atoms with Crippen LogP contribution in [0.25, 0.3) is 0 Å². The molecule has 2 aromatic rings. The van der Waals surface area contributed by atoms with Crippen LogP contribution in [0.15, 0.2) is 35.7 Å². The maximum Gasteiger partial charge on any atom is 0.414 e. The van der Waals surface area contributed by atoms with Crippen molar-refractivity contribution < 1.29 is 28.7 Å². The van der Waals surface area contributed by atoms with Crippen LogP contribution < -0.4 is 15.5 Å². The lowest BCUT2D eigenvalue weighted by Crippen LogP contribution is -2.31. The van der Waals surface area contributed by atoms with Crippen molar-refractivity contribution in [1.29, 1.82) is 0 Å². The van der Waals surface area contributed by atoms with E-state index in [0.717, 1.165) is 16.2 Å². The zero-order valence-corrected chi connectivity index (χ0v) is 16.2. The summed E-state index contributed by atoms with van der Waals surface area (Å²) in [6, 6.07) is 7.46. The van der Waals surface area contributed by atoms with Crippen LogP contribution in [0.5, 0.6) is 0 Å². The number of nitrogens with zero attached hydrogens (tertiary/aromatic N) is 1. The van der Waals surface area contributed by atoms with Gasteiger partial charge in [0.1, 0.15) is 5.00 Å². The number of imide groups is 2. The summed E-state index contributed by atoms with van der Waals surface area (Å²) in [5, 5.41) is 6.56. The molecular formula is C19H17N3O6S. The van der Waals surface area contributed by atoms with Gasteiger partial charge < -0.3 is 10.1 Å². The zero-order valence-electron chi connectivity index (χ0n) is 15.4. The lowest BCUT2D eigenvalue weighted by Gasteiger charge is -2.14. The van der Waals surface area contributed by atoms with Crippen molar-refractivity contribution in [2.45, 2.75) is 19.8 Å². The quantitative estimate of drug-likeness (QED) is 0.724. The van der Waals surface area contributed by atoms with E-state index >= 15 is 0 Å². The number of hydrogen-bond acceptors (Lipinski definition) is 7. The summed E-state index contributed by atoms with van der Waals surface area (Å²) in [5.74, 6) is -1.73. The van der Waals surface area contributed by atoms with Gasteiger partial charge in [0.2, 0.25) is 11.8 Å². The van der Waals surface area contributed by atoms with Crippen molar-refractivity contribution in [2.75, 3.05) is 16.8 Å². The number of amides is 5. The van der Waals surface area contributed by atoms with Crippen LogP contribution in [0.2, 0.25) is 0 Å². The SMILES string of the molecule is CCOC(=O)NC(=O)c1ccsc1NC(=O)c1ccc(N2C(=O)CCC2=O)cc1. The molecule has 10 heteroatoms. The molecule has 0 aliphatic carbocycles. The molecular weight excluding hydrogens is 398 g/mol. The minimum atomic E-state index is -0.873. The minimum absolute atomic E-state index is 0.122. The van der Waals surface area contributed by atoms with Gasteiger partial charge in [-0.05, 0) is 42.6 Å². The first-order valence-corrected chi connectivity index (χ1v) is 9.61. The van der Waals surface area contributed by atoms with Crippen LogP contribution in [-0.2, 0) is 14.3 Å². The summed E-state index contributed by atoms with van der Waals surface area (Å²) in [5.41, 5.74) is 0.805. The fourth-order valence-electron chi connectivity index (χ4n) is 2.71. The molecule has 0 atom stereocenters. The lowest BCUT2D eigenvalue weighted by molar-refractivity contribution is -0.121. The number of ether oxygens (including phenoxy) is 1. The second-order valence-electron chi connectivity index (χ2n) is 5.96. The average molecular weight is 415 g/mol. The Morgan fingerprint density at radius 2 is 1.69 bits per heavy atom. The third-order valence-corrected chi connectivity index (χ3v) is 4.90. The number of hydrogen-bond donors (Lipinski definition) is 2. The molecule has 5 amide bonds. The standard InChI is InChI=1S/C19H17N3O6S/c1-2-28-19(27)21-17(26)13-9-10-29-18(13)20-16(25)11-3-5-12(6-4-11)22-14(23)7-8-15(22)24/h3-6,9-10H,2,7-8H2,1H3,(H,20,25)(H,21,26,27). The number of carbonyl (C=O) groups excluding carboxylic acids is 5. The maximum atomic E-state index is 12.5. The Morgan fingerprint density at radius 3 is 2.31 bits per heavy atom. The van der Waals surface area contributed by atoms with Crippen LogP contribution in [0.3, 0.4) is 0 Å². The highest BCUT2D eigenvalue weighted by Gasteiger charge is 2.30. The second-order valence-corrected chi connectivity index (χ2v) is 6.88. The molecule has 2 N–H and O–H groups in total. The van der Waals surface area contributed by atoms with E-state index in [2.05, 4.69) is 15.4 Å². The van der Waals surface area contributed by atoms with E-state index in [1.807, 2.05) is 0 Å². The van der Waals surface area contributed by atoms with Crippen molar-refractivity contribution in [1.82, 2.24) is 5.32 Å². The monoisotopic (exact) mass is 415 g/mol. The van der Waals surface area contributed by atoms with Gasteiger partial charge >= 0.3 is 6.09 Å². The van der Waals surface area contributed by atoms with Gasteiger partial charge in [-0.25, -0.2) is 4.79 Å². The molecule has 1 fully saturated rings.